The topological polar surface area (TPSA) is 45.4 Å². The van der Waals surface area contributed by atoms with Crippen molar-refractivity contribution in [1.82, 2.24) is 0 Å². The monoisotopic (exact) mass is 204 g/mol. The molecule has 0 saturated heterocycles. The fraction of sp³-hybridized carbons (Fsp3) is 0.625. The zero-order valence-electron chi connectivity index (χ0n) is 7.30. The van der Waals surface area contributed by atoms with Crippen molar-refractivity contribution in [3.05, 3.63) is 6.08 Å². The van der Waals surface area contributed by atoms with E-state index in [0.717, 1.165) is 0 Å². The number of hydrogen-bond donors (Lipinski definition) is 0. The number of allylic oxidation sites excluding steroid dienone is 1. The lowest BCUT2D eigenvalue weighted by Gasteiger charge is -2.28. The summed E-state index contributed by atoms with van der Waals surface area (Å²) in [5.41, 5.74) is -2.52. The summed E-state index contributed by atoms with van der Waals surface area (Å²) < 4.78 is 42.2. The molecule has 0 N–H and O–H groups in total. The minimum absolute atomic E-state index is 0.517. The van der Waals surface area contributed by atoms with Gasteiger partial charge in [-0.15, -0.1) is 0 Å². The van der Waals surface area contributed by atoms with Gasteiger partial charge in [0.15, 0.2) is 11.6 Å². The molecule has 0 spiro atoms. The van der Waals surface area contributed by atoms with Crippen LogP contribution in [0.3, 0.4) is 0 Å². The van der Waals surface area contributed by atoms with Crippen LogP contribution in [0, 0.1) is 16.7 Å². The lowest BCUT2D eigenvalue weighted by Crippen LogP contribution is -2.39. The first-order valence-electron chi connectivity index (χ1n) is 3.76. The number of alkyl halides is 3. The Bertz CT molecular complexity index is 324. The normalized spacial score (nSPS) is 31.5. The zero-order chi connectivity index (χ0) is 10.8. The molecule has 0 aliphatic carbocycles. The number of hydrogen-bond acceptors (Lipinski definition) is 3. The first-order valence-corrected chi connectivity index (χ1v) is 3.76. The van der Waals surface area contributed by atoms with Crippen molar-refractivity contribution >= 4 is 5.87 Å². The molecule has 6 heteroatoms. The van der Waals surface area contributed by atoms with Gasteiger partial charge in [-0.1, -0.05) is 0 Å². The molecule has 0 bridgehead atoms. The summed E-state index contributed by atoms with van der Waals surface area (Å²) in [6.07, 6.45) is -5.46. The molecule has 14 heavy (non-hydrogen) atoms. The van der Waals surface area contributed by atoms with Crippen molar-refractivity contribution in [3.63, 3.8) is 0 Å². The summed E-state index contributed by atoms with van der Waals surface area (Å²) in [5.74, 6) is 2.07. The molecule has 0 amide bonds. The van der Waals surface area contributed by atoms with Gasteiger partial charge in [0.25, 0.3) is 0 Å². The highest BCUT2D eigenvalue weighted by atomic mass is 19.4. The largest absolute Gasteiger partial charge is 0.411 e. The molecule has 1 aliphatic heterocycles. The summed E-state index contributed by atoms with van der Waals surface area (Å²) in [4.78, 5) is 3.53. The van der Waals surface area contributed by atoms with Gasteiger partial charge in [-0.05, 0) is 5.87 Å². The van der Waals surface area contributed by atoms with E-state index in [1.807, 2.05) is 0 Å². The molecule has 0 fully saturated rings. The lowest BCUT2D eigenvalue weighted by molar-refractivity contribution is -0.195. The Labute approximate surface area is 78.5 Å². The Balaban J connectivity index is 3.07. The fourth-order valence-corrected chi connectivity index (χ4v) is 1.09. The van der Waals surface area contributed by atoms with Crippen LogP contribution in [0.4, 0.5) is 13.2 Å². The Morgan fingerprint density at radius 1 is 1.71 bits per heavy atom. The smallest absolute Gasteiger partial charge is 0.359 e. The Morgan fingerprint density at radius 3 is 2.79 bits per heavy atom. The zero-order valence-corrected chi connectivity index (χ0v) is 7.30. The first-order chi connectivity index (χ1) is 6.45. The van der Waals surface area contributed by atoms with Crippen LogP contribution in [0.15, 0.2) is 11.1 Å². The van der Waals surface area contributed by atoms with Crippen LogP contribution in [-0.2, 0) is 4.74 Å². The highest BCUT2D eigenvalue weighted by molar-refractivity contribution is 5.57. The molecule has 76 valence electrons. The van der Waals surface area contributed by atoms with Gasteiger partial charge in [-0.3, -0.25) is 0 Å². The highest BCUT2D eigenvalue weighted by Crippen LogP contribution is 2.43. The van der Waals surface area contributed by atoms with E-state index in [2.05, 4.69) is 15.6 Å². The molecule has 3 nitrogen and oxygen atoms in total. The number of halogens is 3. The molecule has 1 aliphatic rings. The van der Waals surface area contributed by atoms with Crippen LogP contribution < -0.4 is 0 Å². The molecule has 0 saturated carbocycles. The van der Waals surface area contributed by atoms with Crippen LogP contribution in [0.5, 0.6) is 0 Å². The predicted molar refractivity (Wildman–Crippen MR) is 41.5 cm³/mol. The summed E-state index contributed by atoms with van der Waals surface area (Å²) in [5, 5.41) is 8.55. The van der Waals surface area contributed by atoms with Gasteiger partial charge in [0.05, 0.1) is 6.07 Å². The first kappa shape index (κ1) is 10.8. The molecule has 0 aromatic carbocycles. The summed E-state index contributed by atoms with van der Waals surface area (Å²) in [6.45, 7) is 0. The van der Waals surface area contributed by atoms with Crippen LogP contribution in [-0.4, -0.2) is 25.4 Å². The van der Waals surface area contributed by atoms with Crippen molar-refractivity contribution in [2.24, 2.45) is 10.4 Å². The van der Waals surface area contributed by atoms with Crippen LogP contribution >= 0.6 is 0 Å². The third-order valence-electron chi connectivity index (χ3n) is 2.00. The van der Waals surface area contributed by atoms with Crippen molar-refractivity contribution in [2.75, 3.05) is 7.11 Å². The van der Waals surface area contributed by atoms with E-state index in [0.29, 0.717) is 6.08 Å². The summed E-state index contributed by atoms with van der Waals surface area (Å²) in [6, 6.07) is 1.24. The van der Waals surface area contributed by atoms with Crippen molar-refractivity contribution in [3.8, 4) is 6.07 Å². The van der Waals surface area contributed by atoms with Gasteiger partial charge in [-0.25, -0.2) is 4.99 Å². The fourth-order valence-electron chi connectivity index (χ4n) is 1.09. The predicted octanol–water partition coefficient (Wildman–Crippen LogP) is 1.66. The Morgan fingerprint density at radius 2 is 2.36 bits per heavy atom. The maximum atomic E-state index is 12.5. The number of methoxy groups -OCH3 is 1. The van der Waals surface area contributed by atoms with Crippen molar-refractivity contribution in [2.45, 2.75) is 18.8 Å². The molecule has 0 aromatic heterocycles. The van der Waals surface area contributed by atoms with E-state index >= 15 is 0 Å². The van der Waals surface area contributed by atoms with Gasteiger partial charge in [0.2, 0.25) is 0 Å². The molecular weight excluding hydrogens is 197 g/mol. The van der Waals surface area contributed by atoms with Gasteiger partial charge in [-0.2, -0.15) is 18.4 Å². The third kappa shape index (κ3) is 1.65. The number of nitriles is 1. The maximum Gasteiger partial charge on any atom is 0.411 e. The molecule has 0 radical (unpaired) electrons. The van der Waals surface area contributed by atoms with Crippen LogP contribution in [0.1, 0.15) is 6.42 Å². The second-order valence-corrected chi connectivity index (χ2v) is 2.88. The van der Waals surface area contributed by atoms with E-state index in [1.165, 1.54) is 13.2 Å². The molecule has 1 rings (SSSR count). The van der Waals surface area contributed by atoms with Crippen molar-refractivity contribution in [1.29, 1.82) is 5.26 Å². The number of rotatable bonds is 1. The molecule has 2 atom stereocenters. The van der Waals surface area contributed by atoms with Crippen molar-refractivity contribution < 1.29 is 17.9 Å². The van der Waals surface area contributed by atoms with Crippen LogP contribution in [0.25, 0.3) is 0 Å². The molecule has 1 heterocycles. The van der Waals surface area contributed by atoms with E-state index < -0.39 is 24.2 Å². The molecular formula is C8H7F3N2O. The van der Waals surface area contributed by atoms with Gasteiger partial charge < -0.3 is 4.74 Å². The lowest BCUT2D eigenvalue weighted by atomic mass is 9.83. The Kier molecular flexibility index (Phi) is 2.65. The third-order valence-corrected chi connectivity index (χ3v) is 2.00. The van der Waals surface area contributed by atoms with E-state index in [1.54, 1.807) is 0 Å². The van der Waals surface area contributed by atoms with Gasteiger partial charge >= 0.3 is 6.18 Å². The van der Waals surface area contributed by atoms with Crippen LogP contribution in [0.2, 0.25) is 0 Å². The van der Waals surface area contributed by atoms with E-state index in [9.17, 15) is 13.2 Å². The minimum Gasteiger partial charge on any atom is -0.359 e. The van der Waals surface area contributed by atoms with Gasteiger partial charge in [0, 0.05) is 19.6 Å². The number of nitrogens with zero attached hydrogens (tertiary/aromatic N) is 2. The highest BCUT2D eigenvalue weighted by Gasteiger charge is 2.56. The minimum atomic E-state index is -4.62. The number of aliphatic imine (C=N–C) groups is 1. The second kappa shape index (κ2) is 3.45. The second-order valence-electron chi connectivity index (χ2n) is 2.88. The standard InChI is InChI=1S/C8H7F3N2O/c1-14-6-4-7(5-12,2-3-13-6)8(9,10)11/h2,6H,4H2,1H3/t6-,7+/m1/s1. The Hall–Kier alpha value is -1.31. The SMILES string of the molecule is CO[C@@H]1C[C@@](C#N)(C(F)(F)F)C=C=N1. The summed E-state index contributed by atoms with van der Waals surface area (Å²) in [7, 11) is 1.24. The maximum absolute atomic E-state index is 12.5. The average Bonchev–Trinajstić information content (AvgIpc) is 2.16. The van der Waals surface area contributed by atoms with E-state index in [4.69, 9.17) is 5.26 Å². The van der Waals surface area contributed by atoms with E-state index in [-0.39, 0.29) is 0 Å². The molecule has 0 unspecified atom stereocenters. The average molecular weight is 204 g/mol. The summed E-state index contributed by atoms with van der Waals surface area (Å²) >= 11 is 0. The van der Waals surface area contributed by atoms with Gasteiger partial charge in [0.1, 0.15) is 0 Å². The molecule has 0 aromatic rings. The quantitative estimate of drug-likeness (QED) is 0.652. The number of ether oxygens (including phenoxy) is 1.